The van der Waals surface area contributed by atoms with Crippen LogP contribution in [0.15, 0.2) is 22.8 Å². The number of carbonyl (C=O) groups is 2. The van der Waals surface area contributed by atoms with Gasteiger partial charge in [-0.2, -0.15) is 0 Å². The molecule has 0 fully saturated rings. The predicted molar refractivity (Wildman–Crippen MR) is 61.3 cm³/mol. The molecule has 1 N–H and O–H groups in total. The second-order valence-corrected chi connectivity index (χ2v) is 3.71. The highest BCUT2D eigenvalue weighted by molar-refractivity contribution is 6.32. The van der Waals surface area contributed by atoms with E-state index in [4.69, 9.17) is 4.42 Å². The summed E-state index contributed by atoms with van der Waals surface area (Å²) in [6, 6.07) is 3.59. The lowest BCUT2D eigenvalue weighted by molar-refractivity contribution is -0.154. The van der Waals surface area contributed by atoms with Gasteiger partial charge in [-0.3, -0.25) is 4.79 Å². The molecule has 0 aliphatic heterocycles. The van der Waals surface area contributed by atoms with Crippen LogP contribution in [0, 0.1) is 0 Å². The molecule has 1 aromatic rings. The third-order valence-electron chi connectivity index (χ3n) is 2.24. The lowest BCUT2D eigenvalue weighted by atomic mass is 10.1. The van der Waals surface area contributed by atoms with Crippen LogP contribution in [0.3, 0.4) is 0 Å². The van der Waals surface area contributed by atoms with Crippen LogP contribution in [0.2, 0.25) is 0 Å². The topological polar surface area (TPSA) is 68.5 Å². The molecule has 5 nitrogen and oxygen atoms in total. The fraction of sp³-hybridized carbons (Fsp3) is 0.500. The minimum absolute atomic E-state index is 0.1000. The van der Waals surface area contributed by atoms with Gasteiger partial charge in [-0.15, -0.1) is 0 Å². The summed E-state index contributed by atoms with van der Waals surface area (Å²) < 4.78 is 9.76. The van der Waals surface area contributed by atoms with Crippen molar-refractivity contribution in [1.29, 1.82) is 0 Å². The highest BCUT2D eigenvalue weighted by atomic mass is 16.5. The Hall–Kier alpha value is -1.78. The van der Waals surface area contributed by atoms with Crippen molar-refractivity contribution in [3.8, 4) is 0 Å². The molecule has 0 radical (unpaired) electrons. The van der Waals surface area contributed by atoms with Gasteiger partial charge in [0.2, 0.25) is 0 Å². The van der Waals surface area contributed by atoms with Crippen LogP contribution in [-0.2, 0) is 20.7 Å². The maximum Gasteiger partial charge on any atom is 0.396 e. The standard InChI is InChI=1S/C12H17NO4/c1-3-16-12(15)11(14)13-9(2)6-7-10-5-4-8-17-10/h4-5,8-9H,3,6-7H2,1-2H3,(H,13,14). The number of ether oxygens (including phenoxy) is 1. The van der Waals surface area contributed by atoms with Crippen molar-refractivity contribution < 1.29 is 18.7 Å². The van der Waals surface area contributed by atoms with Crippen molar-refractivity contribution >= 4 is 11.9 Å². The van der Waals surface area contributed by atoms with Gasteiger partial charge >= 0.3 is 11.9 Å². The van der Waals surface area contributed by atoms with Gasteiger partial charge in [0.15, 0.2) is 0 Å². The summed E-state index contributed by atoms with van der Waals surface area (Å²) in [6.45, 7) is 3.69. The summed E-state index contributed by atoms with van der Waals surface area (Å²) in [7, 11) is 0. The molecule has 0 spiro atoms. The molecule has 0 aliphatic rings. The molecule has 1 amide bonds. The van der Waals surface area contributed by atoms with E-state index < -0.39 is 11.9 Å². The number of carbonyl (C=O) groups excluding carboxylic acids is 2. The number of hydrogen-bond acceptors (Lipinski definition) is 4. The molecule has 0 saturated heterocycles. The van der Waals surface area contributed by atoms with Gasteiger partial charge in [0, 0.05) is 12.5 Å². The van der Waals surface area contributed by atoms with Crippen LogP contribution in [-0.4, -0.2) is 24.5 Å². The van der Waals surface area contributed by atoms with E-state index in [1.54, 1.807) is 13.2 Å². The Kier molecular flexibility index (Phi) is 5.26. The summed E-state index contributed by atoms with van der Waals surface area (Å²) in [5.74, 6) is -0.668. The zero-order chi connectivity index (χ0) is 12.7. The smallest absolute Gasteiger partial charge is 0.396 e. The number of rotatable bonds is 5. The minimum atomic E-state index is -0.836. The molecule has 0 saturated carbocycles. The molecule has 1 rings (SSSR count). The number of esters is 1. The molecular formula is C12H17NO4. The lowest BCUT2D eigenvalue weighted by Gasteiger charge is -2.12. The largest absolute Gasteiger partial charge is 0.469 e. The van der Waals surface area contributed by atoms with Gasteiger partial charge in [0.1, 0.15) is 5.76 Å². The average Bonchev–Trinajstić information content (AvgIpc) is 2.79. The summed E-state index contributed by atoms with van der Waals surface area (Å²) in [6.07, 6.45) is 3.03. The zero-order valence-electron chi connectivity index (χ0n) is 10.1. The van der Waals surface area contributed by atoms with Gasteiger partial charge in [-0.05, 0) is 32.4 Å². The highest BCUT2D eigenvalue weighted by Crippen LogP contribution is 2.05. The van der Waals surface area contributed by atoms with Gasteiger partial charge in [-0.25, -0.2) is 4.79 Å². The molecule has 1 unspecified atom stereocenters. The van der Waals surface area contributed by atoms with Gasteiger partial charge in [0.25, 0.3) is 0 Å². The van der Waals surface area contributed by atoms with Crippen LogP contribution in [0.1, 0.15) is 26.0 Å². The third kappa shape index (κ3) is 4.72. The Bertz CT molecular complexity index is 359. The molecule has 0 aliphatic carbocycles. The number of nitrogens with one attached hydrogen (secondary N) is 1. The van der Waals surface area contributed by atoms with Crippen molar-refractivity contribution in [2.24, 2.45) is 0 Å². The van der Waals surface area contributed by atoms with Crippen molar-refractivity contribution in [3.63, 3.8) is 0 Å². The quantitative estimate of drug-likeness (QED) is 0.620. The lowest BCUT2D eigenvalue weighted by Crippen LogP contribution is -2.38. The first-order chi connectivity index (χ1) is 8.13. The van der Waals surface area contributed by atoms with Crippen LogP contribution in [0.25, 0.3) is 0 Å². The Morgan fingerprint density at radius 3 is 2.88 bits per heavy atom. The Labute approximate surface area is 100 Å². The molecular weight excluding hydrogens is 222 g/mol. The van der Waals surface area contributed by atoms with E-state index in [1.165, 1.54) is 0 Å². The van der Waals surface area contributed by atoms with Crippen molar-refractivity contribution in [2.75, 3.05) is 6.61 Å². The fourth-order valence-corrected chi connectivity index (χ4v) is 1.37. The Balaban J connectivity index is 2.27. The maximum atomic E-state index is 11.3. The second kappa shape index (κ2) is 6.73. The van der Waals surface area contributed by atoms with E-state index in [-0.39, 0.29) is 12.6 Å². The minimum Gasteiger partial charge on any atom is -0.469 e. The molecule has 94 valence electrons. The van der Waals surface area contributed by atoms with Crippen LogP contribution < -0.4 is 5.32 Å². The SMILES string of the molecule is CCOC(=O)C(=O)NC(C)CCc1ccco1. The summed E-state index contributed by atoms with van der Waals surface area (Å²) in [4.78, 5) is 22.4. The second-order valence-electron chi connectivity index (χ2n) is 3.71. The first-order valence-corrected chi connectivity index (χ1v) is 5.63. The van der Waals surface area contributed by atoms with E-state index in [0.29, 0.717) is 6.42 Å². The summed E-state index contributed by atoms with van der Waals surface area (Å²) >= 11 is 0. The van der Waals surface area contributed by atoms with Gasteiger partial charge < -0.3 is 14.5 Å². The van der Waals surface area contributed by atoms with E-state index in [9.17, 15) is 9.59 Å². The van der Waals surface area contributed by atoms with Crippen LogP contribution in [0.5, 0.6) is 0 Å². The van der Waals surface area contributed by atoms with Crippen LogP contribution >= 0.6 is 0 Å². The monoisotopic (exact) mass is 239 g/mol. The molecule has 1 aromatic heterocycles. The van der Waals surface area contributed by atoms with Crippen molar-refractivity contribution in [2.45, 2.75) is 32.7 Å². The Morgan fingerprint density at radius 1 is 1.53 bits per heavy atom. The first-order valence-electron chi connectivity index (χ1n) is 5.63. The molecule has 1 atom stereocenters. The summed E-state index contributed by atoms with van der Waals surface area (Å²) in [5, 5.41) is 2.57. The van der Waals surface area contributed by atoms with Crippen molar-refractivity contribution in [1.82, 2.24) is 5.32 Å². The van der Waals surface area contributed by atoms with Gasteiger partial charge in [0.05, 0.1) is 12.9 Å². The molecule has 0 bridgehead atoms. The third-order valence-corrected chi connectivity index (χ3v) is 2.24. The molecule has 0 aromatic carbocycles. The van der Waals surface area contributed by atoms with Crippen molar-refractivity contribution in [3.05, 3.63) is 24.2 Å². The normalized spacial score (nSPS) is 11.9. The molecule has 1 heterocycles. The van der Waals surface area contributed by atoms with E-state index in [1.807, 2.05) is 19.1 Å². The maximum absolute atomic E-state index is 11.3. The summed E-state index contributed by atoms with van der Waals surface area (Å²) in [5.41, 5.74) is 0. The number of furan rings is 1. The number of amides is 1. The van der Waals surface area contributed by atoms with E-state index in [0.717, 1.165) is 12.2 Å². The number of aryl methyl sites for hydroxylation is 1. The molecule has 5 heteroatoms. The fourth-order valence-electron chi connectivity index (χ4n) is 1.37. The average molecular weight is 239 g/mol. The van der Waals surface area contributed by atoms with Gasteiger partial charge in [-0.1, -0.05) is 0 Å². The predicted octanol–water partition coefficient (Wildman–Crippen LogP) is 1.28. The first kappa shape index (κ1) is 13.3. The highest BCUT2D eigenvalue weighted by Gasteiger charge is 2.16. The van der Waals surface area contributed by atoms with Crippen LogP contribution in [0.4, 0.5) is 0 Å². The Morgan fingerprint density at radius 2 is 2.29 bits per heavy atom. The van der Waals surface area contributed by atoms with E-state index in [2.05, 4.69) is 10.1 Å². The molecule has 17 heavy (non-hydrogen) atoms. The number of hydrogen-bond donors (Lipinski definition) is 1. The van der Waals surface area contributed by atoms with E-state index >= 15 is 0 Å². The zero-order valence-corrected chi connectivity index (χ0v) is 10.1.